The van der Waals surface area contributed by atoms with Crippen LogP contribution in [0.4, 0.5) is 0 Å². The lowest BCUT2D eigenvalue weighted by Crippen LogP contribution is -2.29. The monoisotopic (exact) mass is 330 g/mol. The van der Waals surface area contributed by atoms with Crippen molar-refractivity contribution in [3.8, 4) is 5.75 Å². The molecule has 1 fully saturated rings. The second kappa shape index (κ2) is 6.81. The summed E-state index contributed by atoms with van der Waals surface area (Å²) >= 11 is 0. The number of ether oxygens (including phenoxy) is 1. The van der Waals surface area contributed by atoms with Crippen LogP contribution in [0, 0.1) is 6.92 Å². The number of fused-ring (bicyclic) bond motifs is 1. The first-order chi connectivity index (χ1) is 11.5. The normalized spacial score (nSPS) is 19.4. The Labute approximate surface area is 142 Å². The predicted molar refractivity (Wildman–Crippen MR) is 94.5 cm³/mol. The molecule has 2 N–H and O–H groups in total. The number of likely N-dealkylation sites (N-methyl/N-ethyl adjacent to an activating group) is 1. The van der Waals surface area contributed by atoms with Crippen LogP contribution < -0.4 is 10.5 Å². The summed E-state index contributed by atoms with van der Waals surface area (Å²) in [5.74, 6) is 0.987. The van der Waals surface area contributed by atoms with Crippen molar-refractivity contribution in [2.75, 3.05) is 26.7 Å². The number of methoxy groups -OCH3 is 1. The lowest BCUT2D eigenvalue weighted by Gasteiger charge is -2.25. The Hall–Kier alpha value is -2.08. The van der Waals surface area contributed by atoms with Crippen LogP contribution in [0.2, 0.25) is 0 Å². The zero-order valence-electron chi connectivity index (χ0n) is 14.7. The van der Waals surface area contributed by atoms with Gasteiger partial charge < -0.3 is 19.9 Å². The fraction of sp³-hybridized carbons (Fsp3) is 0.556. The fourth-order valence-corrected chi connectivity index (χ4v) is 3.76. The highest BCUT2D eigenvalue weighted by molar-refractivity contribution is 5.99. The maximum Gasteiger partial charge on any atom is 0.252 e. The smallest absolute Gasteiger partial charge is 0.252 e. The molecule has 0 radical (unpaired) electrons. The Morgan fingerprint density at radius 1 is 1.42 bits per heavy atom. The number of hydrogen-bond acceptors (Lipinski definition) is 4. The molecular formula is C18H26N4O2. The number of primary amides is 1. The van der Waals surface area contributed by atoms with Crippen molar-refractivity contribution in [1.82, 2.24) is 14.5 Å². The first kappa shape index (κ1) is 16.8. The van der Waals surface area contributed by atoms with Crippen LogP contribution in [0.5, 0.6) is 5.75 Å². The molecule has 3 rings (SSSR count). The van der Waals surface area contributed by atoms with E-state index in [9.17, 15) is 4.79 Å². The first-order valence-electron chi connectivity index (χ1n) is 8.63. The summed E-state index contributed by atoms with van der Waals surface area (Å²) in [5, 5.41) is 0. The van der Waals surface area contributed by atoms with Crippen LogP contribution in [-0.2, 0) is 0 Å². The third-order valence-electron chi connectivity index (χ3n) is 5.00. The molecule has 6 heteroatoms. The summed E-state index contributed by atoms with van der Waals surface area (Å²) in [6, 6.07) is 4.03. The average molecular weight is 330 g/mol. The van der Waals surface area contributed by atoms with Crippen LogP contribution in [-0.4, -0.2) is 47.1 Å². The topological polar surface area (TPSA) is 73.4 Å². The zero-order chi connectivity index (χ0) is 17.3. The van der Waals surface area contributed by atoms with Crippen LogP contribution in [0.3, 0.4) is 0 Å². The van der Waals surface area contributed by atoms with Crippen LogP contribution >= 0.6 is 0 Å². The fourth-order valence-electron chi connectivity index (χ4n) is 3.76. The molecule has 2 aromatic rings. The molecular weight excluding hydrogens is 304 g/mol. The van der Waals surface area contributed by atoms with Crippen molar-refractivity contribution in [1.29, 1.82) is 0 Å². The Bertz CT molecular complexity index is 753. The van der Waals surface area contributed by atoms with Crippen molar-refractivity contribution < 1.29 is 9.53 Å². The van der Waals surface area contributed by atoms with Gasteiger partial charge in [0.05, 0.1) is 23.7 Å². The molecule has 24 heavy (non-hydrogen) atoms. The van der Waals surface area contributed by atoms with Crippen LogP contribution in [0.15, 0.2) is 12.1 Å². The zero-order valence-corrected chi connectivity index (χ0v) is 14.7. The van der Waals surface area contributed by atoms with Gasteiger partial charge in [0.15, 0.2) is 0 Å². The molecule has 1 aromatic heterocycles. The number of aromatic nitrogens is 2. The van der Waals surface area contributed by atoms with Crippen LogP contribution in [0.1, 0.15) is 48.4 Å². The van der Waals surface area contributed by atoms with E-state index in [0.717, 1.165) is 42.9 Å². The van der Waals surface area contributed by atoms with E-state index in [1.54, 1.807) is 13.2 Å². The maximum absolute atomic E-state index is 11.6. The van der Waals surface area contributed by atoms with Crippen molar-refractivity contribution in [2.24, 2.45) is 5.73 Å². The van der Waals surface area contributed by atoms with Gasteiger partial charge in [-0.15, -0.1) is 0 Å². The summed E-state index contributed by atoms with van der Waals surface area (Å²) in [7, 11) is 1.56. The number of carbonyl (C=O) groups excluding carboxylic acids is 1. The standard InChI is InChI=1S/C18H26N4O2/c1-4-21-8-6-5-7-13(11-21)22-12(2)20-15-9-14(18(19)23)17(24-3)10-16(15)22/h9-10,13H,4-8,11H2,1-3H3,(H2,19,23). The van der Waals surface area contributed by atoms with E-state index in [1.165, 1.54) is 12.8 Å². The van der Waals surface area contributed by atoms with E-state index < -0.39 is 5.91 Å². The molecule has 0 spiro atoms. The summed E-state index contributed by atoms with van der Waals surface area (Å²) in [4.78, 5) is 18.8. The summed E-state index contributed by atoms with van der Waals surface area (Å²) in [5.41, 5.74) is 7.66. The van der Waals surface area contributed by atoms with E-state index in [0.29, 0.717) is 17.4 Å². The molecule has 130 valence electrons. The molecule has 1 amide bonds. The number of benzene rings is 1. The number of amides is 1. The van der Waals surface area contributed by atoms with Gasteiger partial charge in [-0.25, -0.2) is 4.98 Å². The van der Waals surface area contributed by atoms with E-state index in [1.807, 2.05) is 13.0 Å². The second-order valence-corrected chi connectivity index (χ2v) is 6.48. The van der Waals surface area contributed by atoms with E-state index in [4.69, 9.17) is 10.5 Å². The van der Waals surface area contributed by atoms with Crippen molar-refractivity contribution in [2.45, 2.75) is 39.2 Å². The minimum Gasteiger partial charge on any atom is -0.496 e. The Morgan fingerprint density at radius 3 is 2.88 bits per heavy atom. The molecule has 1 aliphatic heterocycles. The largest absolute Gasteiger partial charge is 0.496 e. The molecule has 0 aliphatic carbocycles. The van der Waals surface area contributed by atoms with Gasteiger partial charge in [-0.1, -0.05) is 13.3 Å². The molecule has 1 aromatic carbocycles. The summed E-state index contributed by atoms with van der Waals surface area (Å²) < 4.78 is 7.68. The van der Waals surface area contributed by atoms with Crippen molar-refractivity contribution in [3.05, 3.63) is 23.5 Å². The van der Waals surface area contributed by atoms with Gasteiger partial charge in [0.25, 0.3) is 5.91 Å². The average Bonchev–Trinajstić information content (AvgIpc) is 2.73. The molecule has 1 aliphatic rings. The molecule has 1 atom stereocenters. The number of aryl methyl sites for hydroxylation is 1. The number of likely N-dealkylation sites (tertiary alicyclic amines) is 1. The predicted octanol–water partition coefficient (Wildman–Crippen LogP) is 2.50. The minimum atomic E-state index is -0.493. The van der Waals surface area contributed by atoms with Crippen molar-refractivity contribution >= 4 is 16.9 Å². The quantitative estimate of drug-likeness (QED) is 0.935. The highest BCUT2D eigenvalue weighted by atomic mass is 16.5. The third-order valence-corrected chi connectivity index (χ3v) is 5.00. The molecule has 1 unspecified atom stereocenters. The van der Waals surface area contributed by atoms with Gasteiger partial charge in [-0.2, -0.15) is 0 Å². The molecule has 6 nitrogen and oxygen atoms in total. The molecule has 1 saturated heterocycles. The van der Waals surface area contributed by atoms with Gasteiger partial charge in [0.2, 0.25) is 0 Å². The number of nitrogens with two attached hydrogens (primary N) is 1. The number of nitrogens with zero attached hydrogens (tertiary/aromatic N) is 3. The van der Waals surface area contributed by atoms with Gasteiger partial charge in [0.1, 0.15) is 11.6 Å². The number of rotatable bonds is 4. The maximum atomic E-state index is 11.6. The molecule has 0 bridgehead atoms. The lowest BCUT2D eigenvalue weighted by molar-refractivity contribution is 0.0997. The Morgan fingerprint density at radius 2 is 2.21 bits per heavy atom. The first-order valence-corrected chi connectivity index (χ1v) is 8.63. The van der Waals surface area contributed by atoms with Gasteiger partial charge in [-0.05, 0) is 38.9 Å². The SMILES string of the molecule is CCN1CCCCC(n2c(C)nc3cc(C(N)=O)c(OC)cc32)C1. The number of carbonyl (C=O) groups is 1. The third kappa shape index (κ3) is 2.98. The van der Waals surface area contributed by atoms with Gasteiger partial charge in [-0.3, -0.25) is 4.79 Å². The highest BCUT2D eigenvalue weighted by Gasteiger charge is 2.23. The summed E-state index contributed by atoms with van der Waals surface area (Å²) in [6.45, 7) is 7.49. The molecule has 0 saturated carbocycles. The van der Waals surface area contributed by atoms with Gasteiger partial charge in [0, 0.05) is 18.7 Å². The minimum absolute atomic E-state index is 0.380. The number of hydrogen-bond donors (Lipinski definition) is 1. The van der Waals surface area contributed by atoms with E-state index >= 15 is 0 Å². The number of imidazole rings is 1. The highest BCUT2D eigenvalue weighted by Crippen LogP contribution is 2.31. The van der Waals surface area contributed by atoms with E-state index in [-0.39, 0.29) is 0 Å². The van der Waals surface area contributed by atoms with Crippen molar-refractivity contribution in [3.63, 3.8) is 0 Å². The lowest BCUT2D eigenvalue weighted by atomic mass is 10.1. The van der Waals surface area contributed by atoms with Crippen LogP contribution in [0.25, 0.3) is 11.0 Å². The summed E-state index contributed by atoms with van der Waals surface area (Å²) in [6.07, 6.45) is 3.60. The second-order valence-electron chi connectivity index (χ2n) is 6.48. The van der Waals surface area contributed by atoms with Gasteiger partial charge >= 0.3 is 0 Å². The molecule has 2 heterocycles. The van der Waals surface area contributed by atoms with E-state index in [2.05, 4.69) is 21.4 Å². The Balaban J connectivity index is 2.10. The Kier molecular flexibility index (Phi) is 4.76.